The van der Waals surface area contributed by atoms with Gasteiger partial charge in [0.1, 0.15) is 0 Å². The van der Waals surface area contributed by atoms with Crippen LogP contribution in [-0.2, 0) is 19.7 Å². The third kappa shape index (κ3) is 3.81. The largest absolute Gasteiger partial charge is 0.481 e. The van der Waals surface area contributed by atoms with Crippen molar-refractivity contribution in [2.75, 3.05) is 12.4 Å². The van der Waals surface area contributed by atoms with Gasteiger partial charge in [-0.1, -0.05) is 42.5 Å². The van der Waals surface area contributed by atoms with E-state index in [1.807, 2.05) is 30.3 Å². The molecule has 1 unspecified atom stereocenters. The minimum absolute atomic E-state index is 0.283. The van der Waals surface area contributed by atoms with Crippen LogP contribution in [-0.4, -0.2) is 24.1 Å². The fourth-order valence-electron chi connectivity index (χ4n) is 2.32. The number of carbonyl (C=O) groups excluding carboxylic acids is 1. The Labute approximate surface area is 141 Å². The lowest BCUT2D eigenvalue weighted by Crippen LogP contribution is -2.28. The van der Waals surface area contributed by atoms with Gasteiger partial charge in [-0.2, -0.15) is 0 Å². The van der Waals surface area contributed by atoms with Gasteiger partial charge in [-0.25, -0.2) is 0 Å². The molecule has 0 spiro atoms. The first-order valence-corrected chi connectivity index (χ1v) is 7.59. The third-order valence-corrected chi connectivity index (χ3v) is 3.98. The van der Waals surface area contributed by atoms with Gasteiger partial charge in [0.05, 0.1) is 5.41 Å². The lowest BCUT2D eigenvalue weighted by molar-refractivity contribution is -0.142. The summed E-state index contributed by atoms with van der Waals surface area (Å²) < 4.78 is 5.29. The molecule has 2 aromatic carbocycles. The fraction of sp³-hybridized carbons (Fsp3) is 0.263. The Hall–Kier alpha value is -2.66. The quantitative estimate of drug-likeness (QED) is 0.853. The highest BCUT2D eigenvalue weighted by Gasteiger charge is 2.29. The first-order chi connectivity index (χ1) is 11.4. The highest BCUT2D eigenvalue weighted by molar-refractivity contribution is 5.95. The van der Waals surface area contributed by atoms with Gasteiger partial charge < -0.3 is 15.2 Å². The number of hydrogen-bond donors (Lipinski definition) is 2. The Morgan fingerprint density at radius 3 is 2.12 bits per heavy atom. The number of anilines is 1. The molecule has 0 aliphatic heterocycles. The van der Waals surface area contributed by atoms with Crippen LogP contribution >= 0.6 is 0 Å². The van der Waals surface area contributed by atoms with Crippen LogP contribution < -0.4 is 5.32 Å². The van der Waals surface area contributed by atoms with Gasteiger partial charge in [-0.15, -0.1) is 0 Å². The van der Waals surface area contributed by atoms with Crippen molar-refractivity contribution in [3.05, 3.63) is 65.7 Å². The summed E-state index contributed by atoms with van der Waals surface area (Å²) in [6, 6.07) is 16.0. The minimum Gasteiger partial charge on any atom is -0.481 e. The van der Waals surface area contributed by atoms with Crippen molar-refractivity contribution in [1.29, 1.82) is 0 Å². The summed E-state index contributed by atoms with van der Waals surface area (Å²) in [5, 5.41) is 12.0. The number of rotatable bonds is 6. The molecular formula is C19H21NO4. The van der Waals surface area contributed by atoms with Crippen LogP contribution in [0.2, 0.25) is 0 Å². The number of ether oxygens (including phenoxy) is 1. The van der Waals surface area contributed by atoms with E-state index < -0.39 is 17.5 Å². The second kappa shape index (κ2) is 7.27. The number of aliphatic carboxylic acids is 1. The molecular weight excluding hydrogens is 306 g/mol. The molecule has 5 heteroatoms. The summed E-state index contributed by atoms with van der Waals surface area (Å²) in [5.74, 6) is -1.18. The Balaban J connectivity index is 2.13. The molecule has 2 N–H and O–H groups in total. The molecule has 0 aliphatic carbocycles. The average molecular weight is 327 g/mol. The summed E-state index contributed by atoms with van der Waals surface area (Å²) in [6.07, 6.45) is -0.707. The third-order valence-electron chi connectivity index (χ3n) is 3.98. The second-order valence-electron chi connectivity index (χ2n) is 6.02. The molecule has 0 radical (unpaired) electrons. The highest BCUT2D eigenvalue weighted by atomic mass is 16.5. The van der Waals surface area contributed by atoms with Crippen LogP contribution in [0.1, 0.15) is 31.1 Å². The van der Waals surface area contributed by atoms with E-state index in [1.54, 1.807) is 38.1 Å². The van der Waals surface area contributed by atoms with Gasteiger partial charge >= 0.3 is 5.97 Å². The maximum absolute atomic E-state index is 12.4. The van der Waals surface area contributed by atoms with Crippen molar-refractivity contribution in [3.8, 4) is 0 Å². The van der Waals surface area contributed by atoms with Gasteiger partial charge in [0.15, 0.2) is 6.10 Å². The van der Waals surface area contributed by atoms with E-state index in [0.717, 1.165) is 5.56 Å². The Morgan fingerprint density at radius 2 is 1.62 bits per heavy atom. The lowest BCUT2D eigenvalue weighted by Gasteiger charge is -2.20. The van der Waals surface area contributed by atoms with Crippen molar-refractivity contribution in [2.24, 2.45) is 0 Å². The standard InChI is InChI=1S/C19H21NO4/c1-19(2,18(22)23)14-9-11-15(12-10-14)20-17(21)16(24-3)13-7-5-4-6-8-13/h4-12,16H,1-3H3,(H,20,21)(H,22,23). The monoisotopic (exact) mass is 327 g/mol. The van der Waals surface area contributed by atoms with E-state index in [1.165, 1.54) is 7.11 Å². The van der Waals surface area contributed by atoms with E-state index >= 15 is 0 Å². The van der Waals surface area contributed by atoms with Crippen molar-refractivity contribution in [1.82, 2.24) is 0 Å². The van der Waals surface area contributed by atoms with Gasteiger partial charge in [-0.05, 0) is 37.1 Å². The number of carboxylic acids is 1. The number of methoxy groups -OCH3 is 1. The van der Waals surface area contributed by atoms with Crippen LogP contribution in [0.25, 0.3) is 0 Å². The number of carboxylic acid groups (broad SMARTS) is 1. The molecule has 0 saturated carbocycles. The molecule has 0 aliphatic rings. The topological polar surface area (TPSA) is 75.6 Å². The van der Waals surface area contributed by atoms with E-state index in [0.29, 0.717) is 11.3 Å². The lowest BCUT2D eigenvalue weighted by atomic mass is 9.85. The zero-order chi connectivity index (χ0) is 17.7. The molecule has 0 bridgehead atoms. The Morgan fingerprint density at radius 1 is 1.04 bits per heavy atom. The summed E-state index contributed by atoms with van der Waals surface area (Å²) in [5.41, 5.74) is 1.03. The van der Waals surface area contributed by atoms with E-state index in [4.69, 9.17) is 4.74 Å². The summed E-state index contributed by atoms with van der Waals surface area (Å²) in [6.45, 7) is 3.28. The van der Waals surface area contributed by atoms with Crippen molar-refractivity contribution in [2.45, 2.75) is 25.4 Å². The predicted octanol–water partition coefficient (Wildman–Crippen LogP) is 3.38. The normalized spacial score (nSPS) is 12.5. The Bertz CT molecular complexity index is 708. The smallest absolute Gasteiger partial charge is 0.313 e. The van der Waals surface area contributed by atoms with Crippen molar-refractivity contribution in [3.63, 3.8) is 0 Å². The zero-order valence-electron chi connectivity index (χ0n) is 13.9. The molecule has 126 valence electrons. The van der Waals surface area contributed by atoms with Crippen LogP contribution in [0.4, 0.5) is 5.69 Å². The average Bonchev–Trinajstić information content (AvgIpc) is 2.57. The van der Waals surface area contributed by atoms with Gasteiger partial charge in [-0.3, -0.25) is 9.59 Å². The molecule has 0 fully saturated rings. The molecule has 0 saturated heterocycles. The van der Waals surface area contributed by atoms with Crippen LogP contribution in [0.5, 0.6) is 0 Å². The van der Waals surface area contributed by atoms with Crippen molar-refractivity contribution < 1.29 is 19.4 Å². The molecule has 0 heterocycles. The molecule has 2 aromatic rings. The minimum atomic E-state index is -0.984. The second-order valence-corrected chi connectivity index (χ2v) is 6.02. The van der Waals surface area contributed by atoms with Crippen LogP contribution in [0.15, 0.2) is 54.6 Å². The first-order valence-electron chi connectivity index (χ1n) is 7.59. The van der Waals surface area contributed by atoms with Gasteiger partial charge in [0.2, 0.25) is 0 Å². The molecule has 1 amide bonds. The number of amides is 1. The molecule has 2 rings (SSSR count). The summed E-state index contributed by atoms with van der Waals surface area (Å²) in [4.78, 5) is 23.7. The SMILES string of the molecule is COC(C(=O)Nc1ccc(C(C)(C)C(=O)O)cc1)c1ccccc1. The number of carbonyl (C=O) groups is 2. The summed E-state index contributed by atoms with van der Waals surface area (Å²) in [7, 11) is 1.48. The van der Waals surface area contributed by atoms with E-state index in [-0.39, 0.29) is 5.91 Å². The van der Waals surface area contributed by atoms with Crippen LogP contribution in [0.3, 0.4) is 0 Å². The highest BCUT2D eigenvalue weighted by Crippen LogP contribution is 2.25. The summed E-state index contributed by atoms with van der Waals surface area (Å²) >= 11 is 0. The van der Waals surface area contributed by atoms with Gasteiger partial charge in [0, 0.05) is 12.8 Å². The van der Waals surface area contributed by atoms with Gasteiger partial charge in [0.25, 0.3) is 5.91 Å². The van der Waals surface area contributed by atoms with Crippen molar-refractivity contribution >= 4 is 17.6 Å². The maximum atomic E-state index is 12.4. The molecule has 0 aromatic heterocycles. The number of benzene rings is 2. The number of hydrogen-bond acceptors (Lipinski definition) is 3. The van der Waals surface area contributed by atoms with E-state index in [9.17, 15) is 14.7 Å². The fourth-order valence-corrected chi connectivity index (χ4v) is 2.32. The van der Waals surface area contributed by atoms with Crippen LogP contribution in [0, 0.1) is 0 Å². The Kier molecular flexibility index (Phi) is 5.36. The van der Waals surface area contributed by atoms with E-state index in [2.05, 4.69) is 5.32 Å². The molecule has 5 nitrogen and oxygen atoms in total. The predicted molar refractivity (Wildman–Crippen MR) is 91.9 cm³/mol. The number of nitrogens with one attached hydrogen (secondary N) is 1. The first kappa shape index (κ1) is 17.7. The molecule has 24 heavy (non-hydrogen) atoms. The zero-order valence-corrected chi connectivity index (χ0v) is 13.9. The maximum Gasteiger partial charge on any atom is 0.313 e. The molecule has 1 atom stereocenters.